The van der Waals surface area contributed by atoms with Crippen molar-refractivity contribution in [2.24, 2.45) is 5.92 Å². The lowest BCUT2D eigenvalue weighted by molar-refractivity contribution is 0.349. The third-order valence-corrected chi connectivity index (χ3v) is 3.83. The summed E-state index contributed by atoms with van der Waals surface area (Å²) in [6.07, 6.45) is 5.19. The van der Waals surface area contributed by atoms with Crippen molar-refractivity contribution in [3.05, 3.63) is 23.2 Å². The highest BCUT2D eigenvalue weighted by molar-refractivity contribution is 6.33. The Kier molecular flexibility index (Phi) is 3.59. The number of hydrogen-bond acceptors (Lipinski definition) is 2. The van der Waals surface area contributed by atoms with E-state index in [9.17, 15) is 0 Å². The molecule has 0 aliphatic heterocycles. The van der Waals surface area contributed by atoms with Gasteiger partial charge in [0, 0.05) is 6.04 Å². The van der Waals surface area contributed by atoms with Crippen LogP contribution >= 0.6 is 11.6 Å². The van der Waals surface area contributed by atoms with Crippen molar-refractivity contribution in [1.29, 1.82) is 0 Å². The number of nitrogen functional groups attached to an aromatic ring is 1. The molecular weight excluding hydrogens is 220 g/mol. The molecule has 2 unspecified atom stereocenters. The van der Waals surface area contributed by atoms with Crippen LogP contribution in [0.15, 0.2) is 18.2 Å². The summed E-state index contributed by atoms with van der Waals surface area (Å²) in [7, 11) is 0. The molecule has 0 spiro atoms. The Labute approximate surface area is 102 Å². The third kappa shape index (κ3) is 2.43. The minimum atomic E-state index is 0.537. The van der Waals surface area contributed by atoms with Gasteiger partial charge in [-0.2, -0.15) is 0 Å². The van der Waals surface area contributed by atoms with Crippen LogP contribution in [0.25, 0.3) is 0 Å². The first-order valence-electron chi connectivity index (χ1n) is 5.99. The maximum Gasteiger partial charge on any atom is 0.0739 e. The molecule has 16 heavy (non-hydrogen) atoms. The monoisotopic (exact) mass is 238 g/mol. The van der Waals surface area contributed by atoms with Gasteiger partial charge in [-0.15, -0.1) is 0 Å². The number of benzene rings is 1. The van der Waals surface area contributed by atoms with Crippen LogP contribution in [-0.2, 0) is 0 Å². The van der Waals surface area contributed by atoms with Crippen LogP contribution in [-0.4, -0.2) is 6.04 Å². The lowest BCUT2D eigenvalue weighted by atomic mass is 9.86. The molecule has 1 saturated carbocycles. The normalized spacial score (nSPS) is 25.4. The molecule has 0 amide bonds. The molecule has 3 heteroatoms. The second kappa shape index (κ2) is 4.96. The molecule has 0 saturated heterocycles. The van der Waals surface area contributed by atoms with Crippen molar-refractivity contribution in [2.75, 3.05) is 11.1 Å². The van der Waals surface area contributed by atoms with Gasteiger partial charge in [0.15, 0.2) is 0 Å². The van der Waals surface area contributed by atoms with E-state index >= 15 is 0 Å². The van der Waals surface area contributed by atoms with Crippen molar-refractivity contribution in [3.8, 4) is 0 Å². The summed E-state index contributed by atoms with van der Waals surface area (Å²) >= 11 is 6.00. The quantitative estimate of drug-likeness (QED) is 0.767. The van der Waals surface area contributed by atoms with Crippen LogP contribution in [0.1, 0.15) is 32.6 Å². The SMILES string of the molecule is CC1CCCCC1Nc1cccc(Cl)c1N. The fourth-order valence-corrected chi connectivity index (χ4v) is 2.57. The van der Waals surface area contributed by atoms with Gasteiger partial charge in [0.1, 0.15) is 0 Å². The van der Waals surface area contributed by atoms with Gasteiger partial charge in [-0.3, -0.25) is 0 Å². The second-order valence-corrected chi connectivity index (χ2v) is 5.12. The number of hydrogen-bond donors (Lipinski definition) is 2. The Morgan fingerprint density at radius 2 is 2.06 bits per heavy atom. The van der Waals surface area contributed by atoms with Crippen molar-refractivity contribution in [3.63, 3.8) is 0 Å². The molecule has 1 fully saturated rings. The standard InChI is InChI=1S/C13H19ClN2/c1-9-5-2-3-7-11(9)16-12-8-4-6-10(14)13(12)15/h4,6,8-9,11,16H,2-3,5,7,15H2,1H3. The van der Waals surface area contributed by atoms with E-state index in [-0.39, 0.29) is 0 Å². The molecule has 0 heterocycles. The van der Waals surface area contributed by atoms with Gasteiger partial charge in [-0.25, -0.2) is 0 Å². The van der Waals surface area contributed by atoms with Crippen LogP contribution in [0, 0.1) is 5.92 Å². The summed E-state index contributed by atoms with van der Waals surface area (Å²) in [5, 5.41) is 4.16. The molecule has 0 bridgehead atoms. The first-order valence-corrected chi connectivity index (χ1v) is 6.37. The van der Waals surface area contributed by atoms with Crippen LogP contribution in [0.5, 0.6) is 0 Å². The van der Waals surface area contributed by atoms with Crippen LogP contribution in [0.4, 0.5) is 11.4 Å². The first kappa shape index (κ1) is 11.6. The molecule has 88 valence electrons. The largest absolute Gasteiger partial charge is 0.396 e. The highest BCUT2D eigenvalue weighted by atomic mass is 35.5. The van der Waals surface area contributed by atoms with E-state index < -0.39 is 0 Å². The summed E-state index contributed by atoms with van der Waals surface area (Å²) in [5.74, 6) is 0.715. The van der Waals surface area contributed by atoms with Crippen LogP contribution in [0.2, 0.25) is 5.02 Å². The molecule has 1 aromatic carbocycles. The fraction of sp³-hybridized carbons (Fsp3) is 0.538. The summed E-state index contributed by atoms with van der Waals surface area (Å²) in [5.41, 5.74) is 7.60. The molecule has 1 aromatic rings. The zero-order valence-corrected chi connectivity index (χ0v) is 10.4. The zero-order chi connectivity index (χ0) is 11.5. The van der Waals surface area contributed by atoms with Gasteiger partial charge in [0.2, 0.25) is 0 Å². The van der Waals surface area contributed by atoms with Crippen molar-refractivity contribution >= 4 is 23.0 Å². The van der Waals surface area contributed by atoms with E-state index in [0.29, 0.717) is 22.7 Å². The molecule has 3 N–H and O–H groups in total. The van der Waals surface area contributed by atoms with Crippen molar-refractivity contribution in [1.82, 2.24) is 0 Å². The van der Waals surface area contributed by atoms with Crippen molar-refractivity contribution < 1.29 is 0 Å². The fourth-order valence-electron chi connectivity index (χ4n) is 2.39. The van der Waals surface area contributed by atoms with E-state index in [0.717, 1.165) is 5.69 Å². The highest BCUT2D eigenvalue weighted by Gasteiger charge is 2.21. The van der Waals surface area contributed by atoms with E-state index in [1.54, 1.807) is 0 Å². The summed E-state index contributed by atoms with van der Waals surface area (Å²) in [4.78, 5) is 0. The lowest BCUT2D eigenvalue weighted by Crippen LogP contribution is -2.30. The molecular formula is C13H19ClN2. The Bertz CT molecular complexity index is 365. The van der Waals surface area contributed by atoms with Gasteiger partial charge in [0.25, 0.3) is 0 Å². The van der Waals surface area contributed by atoms with Crippen LogP contribution < -0.4 is 11.1 Å². The number of para-hydroxylation sites is 1. The van der Waals surface area contributed by atoms with Gasteiger partial charge < -0.3 is 11.1 Å². The Balaban J connectivity index is 2.10. The topological polar surface area (TPSA) is 38.0 Å². The molecule has 0 aromatic heterocycles. The molecule has 2 nitrogen and oxygen atoms in total. The highest BCUT2D eigenvalue weighted by Crippen LogP contribution is 2.31. The number of anilines is 2. The van der Waals surface area contributed by atoms with Crippen molar-refractivity contribution in [2.45, 2.75) is 38.6 Å². The smallest absolute Gasteiger partial charge is 0.0739 e. The predicted molar refractivity (Wildman–Crippen MR) is 70.9 cm³/mol. The number of rotatable bonds is 2. The minimum Gasteiger partial charge on any atom is -0.396 e. The average Bonchev–Trinajstić information content (AvgIpc) is 2.28. The average molecular weight is 239 g/mol. The van der Waals surface area contributed by atoms with E-state index in [2.05, 4.69) is 12.2 Å². The lowest BCUT2D eigenvalue weighted by Gasteiger charge is -2.30. The molecule has 1 aliphatic carbocycles. The maximum absolute atomic E-state index is 6.00. The number of nitrogens with one attached hydrogen (secondary N) is 1. The molecule has 1 aliphatic rings. The van der Waals surface area contributed by atoms with Gasteiger partial charge in [-0.1, -0.05) is 37.4 Å². The molecule has 0 radical (unpaired) electrons. The summed E-state index contributed by atoms with van der Waals surface area (Å²) in [6, 6.07) is 6.30. The minimum absolute atomic E-state index is 0.537. The van der Waals surface area contributed by atoms with E-state index in [4.69, 9.17) is 17.3 Å². The number of nitrogens with two attached hydrogens (primary N) is 1. The number of halogens is 1. The summed E-state index contributed by atoms with van der Waals surface area (Å²) < 4.78 is 0. The Morgan fingerprint density at radius 1 is 1.31 bits per heavy atom. The summed E-state index contributed by atoms with van der Waals surface area (Å²) in [6.45, 7) is 2.30. The molecule has 2 atom stereocenters. The zero-order valence-electron chi connectivity index (χ0n) is 9.67. The van der Waals surface area contributed by atoms with E-state index in [1.807, 2.05) is 18.2 Å². The third-order valence-electron chi connectivity index (χ3n) is 3.51. The molecule has 2 rings (SSSR count). The Hall–Kier alpha value is -0.890. The van der Waals surface area contributed by atoms with Gasteiger partial charge in [0.05, 0.1) is 16.4 Å². The first-order chi connectivity index (χ1) is 7.68. The predicted octanol–water partition coefficient (Wildman–Crippen LogP) is 3.91. The van der Waals surface area contributed by atoms with E-state index in [1.165, 1.54) is 25.7 Å². The second-order valence-electron chi connectivity index (χ2n) is 4.71. The van der Waals surface area contributed by atoms with Gasteiger partial charge >= 0.3 is 0 Å². The maximum atomic E-state index is 6.00. The van der Waals surface area contributed by atoms with Crippen LogP contribution in [0.3, 0.4) is 0 Å². The van der Waals surface area contributed by atoms with Gasteiger partial charge in [-0.05, 0) is 30.9 Å². The Morgan fingerprint density at radius 3 is 2.81 bits per heavy atom.